The van der Waals surface area contributed by atoms with Crippen LogP contribution in [0.5, 0.6) is 0 Å². The number of benzene rings is 2. The van der Waals surface area contributed by atoms with Gasteiger partial charge >= 0.3 is 0 Å². The number of azo groups is 1. The number of thiocarbonyl (C=S) groups is 1. The molecular weight excluding hydrogens is 382 g/mol. The van der Waals surface area contributed by atoms with Crippen LogP contribution in [0.2, 0.25) is 0 Å². The van der Waals surface area contributed by atoms with Crippen LogP contribution in [0.4, 0.5) is 11.5 Å². The SMILES string of the molecule is NC(=S)N=Nc1c2c3ccccc3[nH]c(N3CCC(O)CC3)c-2c2ccccc12. The highest BCUT2D eigenvalue weighted by molar-refractivity contribution is 7.80. The highest BCUT2D eigenvalue weighted by Gasteiger charge is 2.28. The summed E-state index contributed by atoms with van der Waals surface area (Å²) in [6.45, 7) is 1.60. The van der Waals surface area contributed by atoms with Gasteiger partial charge in [0.05, 0.1) is 6.10 Å². The number of para-hydroxylation sites is 1. The molecular formula is C22H21N5OS. The molecule has 2 aromatic rings. The van der Waals surface area contributed by atoms with Crippen LogP contribution in [0.1, 0.15) is 12.8 Å². The quantitative estimate of drug-likeness (QED) is 0.334. The van der Waals surface area contributed by atoms with E-state index in [9.17, 15) is 5.11 Å². The number of pyridine rings is 1. The van der Waals surface area contributed by atoms with E-state index in [0.717, 1.165) is 70.2 Å². The van der Waals surface area contributed by atoms with E-state index in [-0.39, 0.29) is 11.2 Å². The zero-order chi connectivity index (χ0) is 20.0. The maximum Gasteiger partial charge on any atom is 0.211 e. The van der Waals surface area contributed by atoms with Gasteiger partial charge in [-0.2, -0.15) is 0 Å². The summed E-state index contributed by atoms with van der Waals surface area (Å²) in [5.41, 5.74) is 9.58. The first-order valence-electron chi connectivity index (χ1n) is 9.73. The Bertz CT molecular complexity index is 1220. The van der Waals surface area contributed by atoms with Crippen molar-refractivity contribution >= 4 is 50.5 Å². The van der Waals surface area contributed by atoms with Crippen LogP contribution >= 0.6 is 12.2 Å². The maximum atomic E-state index is 9.97. The molecule has 2 heterocycles. The van der Waals surface area contributed by atoms with Gasteiger partial charge in [0.25, 0.3) is 0 Å². The Morgan fingerprint density at radius 2 is 1.66 bits per heavy atom. The number of aliphatic hydroxyl groups is 1. The van der Waals surface area contributed by atoms with Crippen molar-refractivity contribution in [3.05, 3.63) is 48.5 Å². The van der Waals surface area contributed by atoms with Gasteiger partial charge in [0, 0.05) is 40.5 Å². The van der Waals surface area contributed by atoms with Crippen LogP contribution in [0.3, 0.4) is 0 Å². The molecule has 0 amide bonds. The number of H-pyrrole nitrogens is 1. The fourth-order valence-electron chi connectivity index (χ4n) is 4.33. The summed E-state index contributed by atoms with van der Waals surface area (Å²) in [6, 6.07) is 16.4. The van der Waals surface area contributed by atoms with Crippen molar-refractivity contribution in [2.75, 3.05) is 18.0 Å². The van der Waals surface area contributed by atoms with E-state index in [4.69, 9.17) is 18.0 Å². The predicted octanol–water partition coefficient (Wildman–Crippen LogP) is 4.71. The van der Waals surface area contributed by atoms with E-state index in [2.05, 4.69) is 44.4 Å². The minimum Gasteiger partial charge on any atom is -0.393 e. The van der Waals surface area contributed by atoms with E-state index in [1.54, 1.807) is 0 Å². The lowest BCUT2D eigenvalue weighted by Gasteiger charge is -2.33. The Hall–Kier alpha value is -3.03. The molecule has 0 atom stereocenters. The van der Waals surface area contributed by atoms with Gasteiger partial charge in [-0.1, -0.05) is 42.5 Å². The summed E-state index contributed by atoms with van der Waals surface area (Å²) < 4.78 is 0. The van der Waals surface area contributed by atoms with E-state index in [0.29, 0.717) is 0 Å². The molecule has 3 aliphatic rings. The molecule has 29 heavy (non-hydrogen) atoms. The number of piperidine rings is 1. The van der Waals surface area contributed by atoms with Crippen LogP contribution in [0, 0.1) is 0 Å². The zero-order valence-electron chi connectivity index (χ0n) is 15.8. The van der Waals surface area contributed by atoms with Gasteiger partial charge in [-0.3, -0.25) is 0 Å². The molecule has 0 spiro atoms. The summed E-state index contributed by atoms with van der Waals surface area (Å²) in [4.78, 5) is 5.97. The topological polar surface area (TPSA) is 90.0 Å². The molecule has 1 fully saturated rings. The second-order valence-corrected chi connectivity index (χ2v) is 7.84. The highest BCUT2D eigenvalue weighted by Crippen LogP contribution is 2.51. The predicted molar refractivity (Wildman–Crippen MR) is 121 cm³/mol. The Morgan fingerprint density at radius 1 is 1.00 bits per heavy atom. The van der Waals surface area contributed by atoms with Crippen molar-refractivity contribution in [3.8, 4) is 11.1 Å². The maximum absolute atomic E-state index is 9.97. The number of anilines is 1. The first kappa shape index (κ1) is 18.0. The molecule has 1 aliphatic carbocycles. The Kier molecular flexibility index (Phi) is 4.41. The minimum atomic E-state index is -0.228. The third-order valence-corrected chi connectivity index (χ3v) is 5.74. The Labute approximate surface area is 173 Å². The number of aromatic nitrogens is 1. The molecule has 146 valence electrons. The number of fused-ring (bicyclic) bond motifs is 5. The largest absolute Gasteiger partial charge is 0.393 e. The van der Waals surface area contributed by atoms with Crippen LogP contribution in [0.25, 0.3) is 32.8 Å². The summed E-state index contributed by atoms with van der Waals surface area (Å²) in [6.07, 6.45) is 1.29. The molecule has 1 saturated heterocycles. The molecule has 5 rings (SSSR count). The monoisotopic (exact) mass is 403 g/mol. The molecule has 0 bridgehead atoms. The van der Waals surface area contributed by atoms with Gasteiger partial charge in [0.2, 0.25) is 5.11 Å². The third kappa shape index (κ3) is 3.03. The lowest BCUT2D eigenvalue weighted by Crippen LogP contribution is -2.36. The van der Waals surface area contributed by atoms with Crippen molar-refractivity contribution in [1.29, 1.82) is 0 Å². The van der Waals surface area contributed by atoms with Crippen molar-refractivity contribution in [2.24, 2.45) is 16.0 Å². The van der Waals surface area contributed by atoms with Crippen LogP contribution in [-0.4, -0.2) is 34.4 Å². The fourth-order valence-corrected chi connectivity index (χ4v) is 4.37. The number of nitrogens with zero attached hydrogens (tertiary/aromatic N) is 3. The van der Waals surface area contributed by atoms with Gasteiger partial charge in [0.15, 0.2) is 0 Å². The smallest absolute Gasteiger partial charge is 0.211 e. The van der Waals surface area contributed by atoms with E-state index in [1.165, 1.54) is 0 Å². The van der Waals surface area contributed by atoms with Crippen LogP contribution in [-0.2, 0) is 0 Å². The molecule has 7 heteroatoms. The fraction of sp³-hybridized carbons (Fsp3) is 0.227. The van der Waals surface area contributed by atoms with E-state index >= 15 is 0 Å². The highest BCUT2D eigenvalue weighted by atomic mass is 32.1. The van der Waals surface area contributed by atoms with E-state index in [1.807, 2.05) is 24.3 Å². The number of hydrogen-bond donors (Lipinski definition) is 3. The standard InChI is InChI=1S/C22H21N5OS/c23-22(29)26-25-20-15-6-2-1-5-14(15)19-18(20)16-7-3-4-8-17(16)24-21(19)27-11-9-13(28)10-12-27/h1-8,13,24,28H,9-12H2,(H2,23,29). The molecule has 6 nitrogen and oxygen atoms in total. The third-order valence-electron chi connectivity index (χ3n) is 5.65. The zero-order valence-corrected chi connectivity index (χ0v) is 16.6. The average Bonchev–Trinajstić information content (AvgIpc) is 3.07. The van der Waals surface area contributed by atoms with Crippen molar-refractivity contribution in [1.82, 2.24) is 4.98 Å². The first-order valence-corrected chi connectivity index (χ1v) is 10.1. The van der Waals surface area contributed by atoms with Gasteiger partial charge in [0.1, 0.15) is 11.5 Å². The molecule has 0 aromatic heterocycles. The normalized spacial score (nSPS) is 15.8. The summed E-state index contributed by atoms with van der Waals surface area (Å²) >= 11 is 4.93. The molecule has 0 unspecified atom stereocenters. The van der Waals surface area contributed by atoms with Crippen molar-refractivity contribution in [2.45, 2.75) is 18.9 Å². The molecule has 2 aliphatic heterocycles. The summed E-state index contributed by atoms with van der Waals surface area (Å²) in [5, 5.41) is 21.7. The van der Waals surface area contributed by atoms with Crippen molar-refractivity contribution in [3.63, 3.8) is 0 Å². The van der Waals surface area contributed by atoms with Crippen LogP contribution in [0.15, 0.2) is 58.8 Å². The summed E-state index contributed by atoms with van der Waals surface area (Å²) in [7, 11) is 0. The Balaban J connectivity index is 1.87. The lowest BCUT2D eigenvalue weighted by atomic mass is 10.00. The number of rotatable bonds is 2. The van der Waals surface area contributed by atoms with E-state index < -0.39 is 0 Å². The van der Waals surface area contributed by atoms with Crippen LogP contribution < -0.4 is 10.6 Å². The molecule has 0 radical (unpaired) electrons. The first-order chi connectivity index (χ1) is 14.1. The number of aliphatic hydroxyl groups excluding tert-OH is 1. The molecule has 0 saturated carbocycles. The average molecular weight is 404 g/mol. The number of nitrogens with one attached hydrogen (secondary N) is 1. The second kappa shape index (κ2) is 7.09. The minimum absolute atomic E-state index is 0.0143. The number of nitrogens with two attached hydrogens (primary N) is 1. The number of aromatic amines is 1. The summed E-state index contributed by atoms with van der Waals surface area (Å²) in [5.74, 6) is 1.05. The molecule has 2 aromatic carbocycles. The second-order valence-electron chi connectivity index (χ2n) is 7.42. The molecule has 4 N–H and O–H groups in total. The number of hydrogen-bond acceptors (Lipinski definition) is 4. The van der Waals surface area contributed by atoms with Crippen molar-refractivity contribution < 1.29 is 5.11 Å². The lowest BCUT2D eigenvalue weighted by molar-refractivity contribution is 0.145. The van der Waals surface area contributed by atoms with Gasteiger partial charge < -0.3 is 20.7 Å². The Morgan fingerprint density at radius 3 is 2.38 bits per heavy atom. The van der Waals surface area contributed by atoms with Gasteiger partial charge in [-0.15, -0.1) is 10.2 Å². The van der Waals surface area contributed by atoms with Gasteiger partial charge in [-0.05, 0) is 36.5 Å². The van der Waals surface area contributed by atoms with Gasteiger partial charge in [-0.25, -0.2) is 0 Å².